The number of hydrogen-bond donors (Lipinski definition) is 0. The molecule has 0 unspecified atom stereocenters. The van der Waals surface area contributed by atoms with Gasteiger partial charge in [0.1, 0.15) is 0 Å². The molecule has 0 fully saturated rings. The van der Waals surface area contributed by atoms with Crippen LogP contribution in [0.2, 0.25) is 0 Å². The van der Waals surface area contributed by atoms with Gasteiger partial charge in [0.25, 0.3) is 0 Å². The minimum atomic E-state index is 1.06. The molecule has 1 rings (SSSR count). The first-order valence-corrected chi connectivity index (χ1v) is 3.80. The third-order valence-electron chi connectivity index (χ3n) is 1.11. The van der Waals surface area contributed by atoms with Gasteiger partial charge in [-0.1, -0.05) is 21.9 Å². The predicted molar refractivity (Wildman–Crippen MR) is 46.7 cm³/mol. The van der Waals surface area contributed by atoms with Crippen molar-refractivity contribution in [2.75, 3.05) is 0 Å². The van der Waals surface area contributed by atoms with Crippen LogP contribution in [0.25, 0.3) is 0 Å². The molecule has 0 saturated heterocycles. The predicted octanol–water partition coefficient (Wildman–Crippen LogP) is 2.82. The second-order valence-corrected chi connectivity index (χ2v) is 2.80. The highest BCUT2D eigenvalue weighted by atomic mass is 79.9. The number of halogens is 1. The first-order chi connectivity index (χ1) is 4.83. The van der Waals surface area contributed by atoms with Crippen LogP contribution in [0.5, 0.6) is 0 Å². The van der Waals surface area contributed by atoms with Gasteiger partial charge in [0, 0.05) is 10.0 Å². The second kappa shape index (κ2) is 3.43. The minimum absolute atomic E-state index is 1.06. The molecule has 0 nitrogen and oxygen atoms in total. The second-order valence-electron chi connectivity index (χ2n) is 1.88. The van der Waals surface area contributed by atoms with Gasteiger partial charge < -0.3 is 0 Å². The minimum Gasteiger partial charge on any atom is -0.101 e. The molecule has 0 aliphatic rings. The Bertz CT molecular complexity index is 261. The van der Waals surface area contributed by atoms with E-state index in [1.54, 1.807) is 0 Å². The molecule has 0 aromatic heterocycles. The normalized spacial score (nSPS) is 8.20. The third-order valence-corrected chi connectivity index (χ3v) is 1.64. The third kappa shape index (κ3) is 1.89. The Labute approximate surface area is 69.4 Å². The van der Waals surface area contributed by atoms with Crippen molar-refractivity contribution >= 4 is 15.9 Å². The molecule has 0 N–H and O–H groups in total. The molecule has 0 saturated carbocycles. The average molecular weight is 195 g/mol. The summed E-state index contributed by atoms with van der Waals surface area (Å²) in [5, 5.41) is 0. The van der Waals surface area contributed by atoms with E-state index in [-0.39, 0.29) is 0 Å². The molecule has 0 atom stereocenters. The lowest BCUT2D eigenvalue weighted by molar-refractivity contribution is 1.60. The van der Waals surface area contributed by atoms with Crippen LogP contribution in [0.3, 0.4) is 0 Å². The van der Waals surface area contributed by atoms with Crippen molar-refractivity contribution < 1.29 is 0 Å². The summed E-state index contributed by atoms with van der Waals surface area (Å²) in [6.45, 7) is 1.84. The lowest BCUT2D eigenvalue weighted by Crippen LogP contribution is -1.70. The zero-order valence-electron chi connectivity index (χ0n) is 5.69. The molecule has 0 bridgehead atoms. The Morgan fingerprint density at radius 1 is 1.20 bits per heavy atom. The van der Waals surface area contributed by atoms with Crippen LogP contribution >= 0.6 is 15.9 Å². The fraction of sp³-hybridized carbons (Fsp3) is 0.111. The van der Waals surface area contributed by atoms with Crippen LogP contribution in [0, 0.1) is 11.8 Å². The maximum Gasteiger partial charge on any atom is 0.0245 e. The zero-order valence-corrected chi connectivity index (χ0v) is 7.27. The van der Waals surface area contributed by atoms with Crippen molar-refractivity contribution in [2.24, 2.45) is 0 Å². The van der Waals surface area contributed by atoms with E-state index in [1.165, 1.54) is 0 Å². The Hall–Kier alpha value is -0.740. The van der Waals surface area contributed by atoms with Crippen molar-refractivity contribution in [2.45, 2.75) is 6.92 Å². The molecule has 10 heavy (non-hydrogen) atoms. The fourth-order valence-electron chi connectivity index (χ4n) is 0.678. The summed E-state index contributed by atoms with van der Waals surface area (Å²) in [6, 6.07) is 7.94. The van der Waals surface area contributed by atoms with Crippen LogP contribution in [-0.2, 0) is 0 Å². The number of rotatable bonds is 0. The maximum absolute atomic E-state index is 3.35. The van der Waals surface area contributed by atoms with Crippen molar-refractivity contribution in [3.63, 3.8) is 0 Å². The summed E-state index contributed by atoms with van der Waals surface area (Å²) in [4.78, 5) is 0. The highest BCUT2D eigenvalue weighted by Crippen LogP contribution is 2.09. The van der Waals surface area contributed by atoms with E-state index < -0.39 is 0 Å². The summed E-state index contributed by atoms with van der Waals surface area (Å²) >= 11 is 3.35. The van der Waals surface area contributed by atoms with Gasteiger partial charge >= 0.3 is 0 Å². The molecule has 50 valence electrons. The zero-order chi connectivity index (χ0) is 7.40. The average Bonchev–Trinajstić information content (AvgIpc) is 1.95. The Morgan fingerprint density at radius 2 is 1.80 bits per heavy atom. The summed E-state index contributed by atoms with van der Waals surface area (Å²) in [7, 11) is 0. The summed E-state index contributed by atoms with van der Waals surface area (Å²) in [5.41, 5.74) is 1.06. The van der Waals surface area contributed by atoms with Crippen LogP contribution < -0.4 is 0 Å². The summed E-state index contributed by atoms with van der Waals surface area (Å²) < 4.78 is 1.09. The molecule has 1 aromatic carbocycles. The maximum atomic E-state index is 3.35. The Morgan fingerprint density at radius 3 is 2.30 bits per heavy atom. The van der Waals surface area contributed by atoms with E-state index in [0.717, 1.165) is 10.0 Å². The first-order valence-electron chi connectivity index (χ1n) is 3.01. The largest absolute Gasteiger partial charge is 0.101 e. The van der Waals surface area contributed by atoms with Crippen LogP contribution in [-0.4, -0.2) is 0 Å². The van der Waals surface area contributed by atoms with E-state index in [0.29, 0.717) is 0 Å². The van der Waals surface area contributed by atoms with E-state index in [2.05, 4.69) is 27.8 Å². The van der Waals surface area contributed by atoms with Gasteiger partial charge in [0.15, 0.2) is 0 Å². The van der Waals surface area contributed by atoms with Gasteiger partial charge in [-0.25, -0.2) is 0 Å². The number of hydrogen-bond acceptors (Lipinski definition) is 0. The molecular weight excluding hydrogens is 188 g/mol. The summed E-state index contributed by atoms with van der Waals surface area (Å²) in [6.07, 6.45) is 0. The van der Waals surface area contributed by atoms with Crippen LogP contribution in [0.1, 0.15) is 12.5 Å². The van der Waals surface area contributed by atoms with Gasteiger partial charge in [-0.3, -0.25) is 0 Å². The van der Waals surface area contributed by atoms with Gasteiger partial charge in [-0.15, -0.1) is 5.92 Å². The van der Waals surface area contributed by atoms with E-state index in [9.17, 15) is 0 Å². The molecular formula is C9H7Br. The molecule has 0 heterocycles. The molecule has 1 heteroatoms. The van der Waals surface area contributed by atoms with Gasteiger partial charge in [-0.2, -0.15) is 0 Å². The van der Waals surface area contributed by atoms with Crippen molar-refractivity contribution in [1.82, 2.24) is 0 Å². The van der Waals surface area contributed by atoms with Crippen molar-refractivity contribution in [3.8, 4) is 11.8 Å². The van der Waals surface area contributed by atoms with Gasteiger partial charge in [0.2, 0.25) is 0 Å². The van der Waals surface area contributed by atoms with E-state index in [4.69, 9.17) is 0 Å². The monoisotopic (exact) mass is 194 g/mol. The SMILES string of the molecule is CC#Cc1ccc(Br)cc1. The topological polar surface area (TPSA) is 0 Å². The molecule has 0 aliphatic carbocycles. The fourth-order valence-corrected chi connectivity index (χ4v) is 0.942. The van der Waals surface area contributed by atoms with E-state index >= 15 is 0 Å². The number of benzene rings is 1. The van der Waals surface area contributed by atoms with Crippen molar-refractivity contribution in [1.29, 1.82) is 0 Å². The standard InChI is InChI=1S/C9H7Br/c1-2-3-8-4-6-9(10)7-5-8/h4-7H,1H3. The lowest BCUT2D eigenvalue weighted by atomic mass is 10.2. The Kier molecular flexibility index (Phi) is 2.53. The van der Waals surface area contributed by atoms with Crippen molar-refractivity contribution in [3.05, 3.63) is 34.3 Å². The van der Waals surface area contributed by atoms with E-state index in [1.807, 2.05) is 31.2 Å². The van der Waals surface area contributed by atoms with Gasteiger partial charge in [0.05, 0.1) is 0 Å². The molecule has 0 aliphatic heterocycles. The molecule has 0 amide bonds. The molecule has 1 aromatic rings. The quantitative estimate of drug-likeness (QED) is 0.558. The molecule has 0 spiro atoms. The summed E-state index contributed by atoms with van der Waals surface area (Å²) in [5.74, 6) is 5.80. The highest BCUT2D eigenvalue weighted by Gasteiger charge is 1.84. The molecule has 0 radical (unpaired) electrons. The Balaban J connectivity index is 2.97. The van der Waals surface area contributed by atoms with Crippen LogP contribution in [0.15, 0.2) is 28.7 Å². The first kappa shape index (κ1) is 7.37. The highest BCUT2D eigenvalue weighted by molar-refractivity contribution is 9.10. The van der Waals surface area contributed by atoms with Crippen LogP contribution in [0.4, 0.5) is 0 Å². The lowest BCUT2D eigenvalue weighted by Gasteiger charge is -1.88. The van der Waals surface area contributed by atoms with Gasteiger partial charge in [-0.05, 0) is 31.2 Å². The smallest absolute Gasteiger partial charge is 0.0245 e.